The Labute approximate surface area is 208 Å². The van der Waals surface area contributed by atoms with Crippen LogP contribution in [0.3, 0.4) is 0 Å². The normalized spacial score (nSPS) is 27.9. The van der Waals surface area contributed by atoms with Gasteiger partial charge in [0.15, 0.2) is 0 Å². The predicted octanol–water partition coefficient (Wildman–Crippen LogP) is 3.33. The average molecular weight is 494 g/mol. The van der Waals surface area contributed by atoms with Crippen LogP contribution in [0, 0.1) is 28.5 Å². The molecule has 3 heterocycles. The highest BCUT2D eigenvalue weighted by Gasteiger charge is 2.57. The number of nitrogens with zero attached hydrogens (tertiary/aromatic N) is 2. The molecule has 1 aromatic rings. The number of likely N-dealkylation sites (tertiary alicyclic amines) is 1. The number of nitriles is 1. The largest absolute Gasteiger partial charge is 0.378 e. The molecule has 35 heavy (non-hydrogen) atoms. The highest BCUT2D eigenvalue weighted by molar-refractivity contribution is 8.09. The third-order valence-corrected chi connectivity index (χ3v) is 8.07. The molecule has 0 spiro atoms. The van der Waals surface area contributed by atoms with Crippen molar-refractivity contribution in [2.24, 2.45) is 11.3 Å². The van der Waals surface area contributed by atoms with Crippen molar-refractivity contribution >= 4 is 28.5 Å². The first-order chi connectivity index (χ1) is 16.8. The number of carbonyl (C=O) groups is 2. The molecule has 0 bridgehead atoms. The van der Waals surface area contributed by atoms with Gasteiger partial charge in [-0.2, -0.15) is 5.26 Å². The number of hydrogen-bond acceptors (Lipinski definition) is 6. The van der Waals surface area contributed by atoms with Gasteiger partial charge in [-0.1, -0.05) is 11.8 Å². The van der Waals surface area contributed by atoms with Crippen molar-refractivity contribution in [2.75, 3.05) is 6.54 Å². The Morgan fingerprint density at radius 3 is 2.86 bits per heavy atom. The molecule has 1 aliphatic carbocycles. The Bertz CT molecular complexity index is 1210. The lowest BCUT2D eigenvalue weighted by Crippen LogP contribution is -2.45. The number of nitrogens with one attached hydrogen (secondary N) is 3. The van der Waals surface area contributed by atoms with E-state index in [1.165, 1.54) is 12.1 Å². The van der Waals surface area contributed by atoms with Crippen LogP contribution in [0.2, 0.25) is 0 Å². The SMILES string of the molecule is CC1=CC(N2CCC(C#N)(C3CC3)C2=O)=CC(C(=O)NCc2cc(F)cc(C3=CNC(C)S3)c2)N1. The van der Waals surface area contributed by atoms with Gasteiger partial charge in [0.25, 0.3) is 0 Å². The molecule has 9 heteroatoms. The highest BCUT2D eigenvalue weighted by atomic mass is 32.2. The lowest BCUT2D eigenvalue weighted by Gasteiger charge is -2.27. The van der Waals surface area contributed by atoms with Crippen LogP contribution in [-0.4, -0.2) is 34.7 Å². The molecular formula is C26H28FN5O2S. The van der Waals surface area contributed by atoms with E-state index in [2.05, 4.69) is 22.0 Å². The monoisotopic (exact) mass is 493 g/mol. The van der Waals surface area contributed by atoms with Gasteiger partial charge in [-0.05, 0) is 80.5 Å². The molecule has 0 radical (unpaired) electrons. The fraction of sp³-hybridized carbons (Fsp3) is 0.423. The summed E-state index contributed by atoms with van der Waals surface area (Å²) in [5.41, 5.74) is 1.91. The number of halogens is 1. The number of hydrogen-bond donors (Lipinski definition) is 3. The van der Waals surface area contributed by atoms with Crippen molar-refractivity contribution in [3.63, 3.8) is 0 Å². The first-order valence-corrected chi connectivity index (χ1v) is 12.8. The van der Waals surface area contributed by atoms with Crippen LogP contribution in [0.4, 0.5) is 4.39 Å². The minimum atomic E-state index is -0.930. The molecule has 3 unspecified atom stereocenters. The Hall–Kier alpha value is -3.25. The smallest absolute Gasteiger partial charge is 0.247 e. The van der Waals surface area contributed by atoms with Crippen LogP contribution in [0.25, 0.3) is 4.91 Å². The Morgan fingerprint density at radius 1 is 1.37 bits per heavy atom. The number of dihydropyridines is 1. The molecular weight excluding hydrogens is 465 g/mol. The van der Waals surface area contributed by atoms with Crippen molar-refractivity contribution < 1.29 is 14.0 Å². The maximum atomic E-state index is 14.3. The zero-order valence-corrected chi connectivity index (χ0v) is 20.5. The van der Waals surface area contributed by atoms with Crippen LogP contribution >= 0.6 is 11.8 Å². The van der Waals surface area contributed by atoms with Crippen molar-refractivity contribution in [2.45, 2.75) is 51.1 Å². The van der Waals surface area contributed by atoms with E-state index in [0.717, 1.165) is 29.0 Å². The van der Waals surface area contributed by atoms with Gasteiger partial charge in [0.1, 0.15) is 17.3 Å². The molecule has 4 aliphatic rings. The number of rotatable bonds is 6. The van der Waals surface area contributed by atoms with E-state index >= 15 is 0 Å². The number of benzene rings is 1. The van der Waals surface area contributed by atoms with Crippen LogP contribution in [0.5, 0.6) is 0 Å². The summed E-state index contributed by atoms with van der Waals surface area (Å²) >= 11 is 1.62. The Balaban J connectivity index is 1.27. The second kappa shape index (κ2) is 9.08. The fourth-order valence-corrected chi connectivity index (χ4v) is 5.92. The maximum absolute atomic E-state index is 14.3. The summed E-state index contributed by atoms with van der Waals surface area (Å²) in [5, 5.41) is 19.2. The van der Waals surface area contributed by atoms with Gasteiger partial charge in [0.05, 0.1) is 11.4 Å². The molecule has 7 nitrogen and oxygen atoms in total. The zero-order valence-electron chi connectivity index (χ0n) is 19.7. The molecule has 1 saturated heterocycles. The summed E-state index contributed by atoms with van der Waals surface area (Å²) in [4.78, 5) is 28.8. The standard InChI is InChI=1S/C26H28FN5O2S/c1-15-7-21(32-6-5-26(14-28,25(32)34)19-3-4-19)11-22(31-15)24(33)30-12-17-8-18(10-20(27)9-17)23-13-29-16(2)35-23/h7-11,13,16,19,22,29,31H,3-6,12H2,1-2H3,(H,30,33). The summed E-state index contributed by atoms with van der Waals surface area (Å²) in [6, 6.07) is 6.42. The van der Waals surface area contributed by atoms with E-state index < -0.39 is 11.5 Å². The topological polar surface area (TPSA) is 97.3 Å². The zero-order chi connectivity index (χ0) is 24.7. The van der Waals surface area contributed by atoms with Crippen molar-refractivity contribution in [1.29, 1.82) is 5.26 Å². The number of thioether (sulfide) groups is 1. The van der Waals surface area contributed by atoms with Crippen LogP contribution < -0.4 is 16.0 Å². The lowest BCUT2D eigenvalue weighted by atomic mass is 9.82. The highest BCUT2D eigenvalue weighted by Crippen LogP contribution is 2.52. The molecule has 0 aromatic heterocycles. The third kappa shape index (κ3) is 4.55. The molecule has 2 fully saturated rings. The van der Waals surface area contributed by atoms with E-state index in [9.17, 15) is 19.2 Å². The van der Waals surface area contributed by atoms with E-state index in [1.807, 2.05) is 32.2 Å². The van der Waals surface area contributed by atoms with Crippen molar-refractivity contribution in [1.82, 2.24) is 20.9 Å². The van der Waals surface area contributed by atoms with Gasteiger partial charge in [-0.3, -0.25) is 9.59 Å². The summed E-state index contributed by atoms with van der Waals surface area (Å²) in [5.74, 6) is -0.640. The van der Waals surface area contributed by atoms with Gasteiger partial charge in [0.2, 0.25) is 11.8 Å². The molecule has 2 amide bonds. The number of carbonyl (C=O) groups excluding carboxylic acids is 2. The predicted molar refractivity (Wildman–Crippen MR) is 132 cm³/mol. The summed E-state index contributed by atoms with van der Waals surface area (Å²) in [7, 11) is 0. The molecule has 5 rings (SSSR count). The number of allylic oxidation sites excluding steroid dienone is 2. The Kier molecular flexibility index (Phi) is 6.09. The average Bonchev–Trinajstić information content (AvgIpc) is 3.50. The summed E-state index contributed by atoms with van der Waals surface area (Å²) in [6.07, 6.45) is 7.80. The molecule has 1 aromatic carbocycles. The first-order valence-electron chi connectivity index (χ1n) is 11.9. The Morgan fingerprint density at radius 2 is 2.17 bits per heavy atom. The van der Waals surface area contributed by atoms with Gasteiger partial charge in [0, 0.05) is 35.6 Å². The second-order valence-electron chi connectivity index (χ2n) is 9.61. The van der Waals surface area contributed by atoms with Gasteiger partial charge in [-0.25, -0.2) is 4.39 Å². The van der Waals surface area contributed by atoms with E-state index in [1.54, 1.807) is 22.7 Å². The summed E-state index contributed by atoms with van der Waals surface area (Å²) < 4.78 is 14.3. The van der Waals surface area contributed by atoms with Crippen molar-refractivity contribution in [3.8, 4) is 6.07 Å². The third-order valence-electron chi connectivity index (χ3n) is 6.97. The van der Waals surface area contributed by atoms with Crippen LogP contribution in [0.1, 0.15) is 44.2 Å². The minimum Gasteiger partial charge on any atom is -0.378 e. The molecule has 182 valence electrons. The minimum absolute atomic E-state index is 0.144. The molecule has 1 saturated carbocycles. The van der Waals surface area contributed by atoms with E-state index in [0.29, 0.717) is 24.2 Å². The van der Waals surface area contributed by atoms with Gasteiger partial charge in [-0.15, -0.1) is 0 Å². The maximum Gasteiger partial charge on any atom is 0.247 e. The molecule has 3 N–H and O–H groups in total. The summed E-state index contributed by atoms with van der Waals surface area (Å²) in [6.45, 7) is 4.52. The van der Waals surface area contributed by atoms with E-state index in [-0.39, 0.29) is 35.5 Å². The van der Waals surface area contributed by atoms with E-state index in [4.69, 9.17) is 0 Å². The van der Waals surface area contributed by atoms with Gasteiger partial charge < -0.3 is 20.9 Å². The van der Waals surface area contributed by atoms with Gasteiger partial charge >= 0.3 is 0 Å². The fourth-order valence-electron chi connectivity index (χ4n) is 5.01. The molecule has 3 atom stereocenters. The van der Waals surface area contributed by atoms with Crippen molar-refractivity contribution in [3.05, 3.63) is 64.9 Å². The molecule has 3 aliphatic heterocycles. The lowest BCUT2D eigenvalue weighted by molar-refractivity contribution is -0.132. The van der Waals surface area contributed by atoms with Crippen LogP contribution in [0.15, 0.2) is 47.9 Å². The first kappa shape index (κ1) is 23.5. The number of amides is 2. The van der Waals surface area contributed by atoms with Crippen LogP contribution in [-0.2, 0) is 16.1 Å². The quantitative estimate of drug-likeness (QED) is 0.563. The second-order valence-corrected chi connectivity index (χ2v) is 11.0.